The fourth-order valence-electron chi connectivity index (χ4n) is 10.4. The fourth-order valence-corrected chi connectivity index (χ4v) is 10.4. The van der Waals surface area contributed by atoms with Gasteiger partial charge in [-0.1, -0.05) is 305 Å². The maximum Gasteiger partial charge on any atom is 0.306 e. The maximum atomic E-state index is 12.9. The molecule has 0 spiro atoms. The molecule has 2 atom stereocenters. The predicted octanol–water partition coefficient (Wildman–Crippen LogP) is 21.1. The average molecular weight is 1190 g/mol. The minimum Gasteiger partial charge on any atom is -0.545 e. The van der Waals surface area contributed by atoms with E-state index in [1.165, 1.54) is 231 Å². The first-order valence-electron chi connectivity index (χ1n) is 36.1. The van der Waals surface area contributed by atoms with Crippen molar-refractivity contribution in [2.75, 3.05) is 47.5 Å². The first-order valence-corrected chi connectivity index (χ1v) is 36.1. The molecular weight excluding hydrogens is 1050 g/mol. The molecule has 0 aromatic carbocycles. The number of nitrogens with zero attached hydrogens (tertiary/aromatic N) is 1. The first kappa shape index (κ1) is 81.7. The quantitative estimate of drug-likeness (QED) is 0.0195. The summed E-state index contributed by atoms with van der Waals surface area (Å²) >= 11 is 0. The highest BCUT2D eigenvalue weighted by molar-refractivity contribution is 5.70. The zero-order chi connectivity index (χ0) is 61.9. The van der Waals surface area contributed by atoms with Gasteiger partial charge in [0.05, 0.1) is 40.3 Å². The summed E-state index contributed by atoms with van der Waals surface area (Å²) < 4.78 is 22.8. The highest BCUT2D eigenvalue weighted by atomic mass is 16.7. The lowest BCUT2D eigenvalue weighted by Gasteiger charge is -2.26. The van der Waals surface area contributed by atoms with Crippen molar-refractivity contribution in [1.82, 2.24) is 0 Å². The van der Waals surface area contributed by atoms with Crippen molar-refractivity contribution in [3.8, 4) is 0 Å². The number of allylic oxidation sites excluding steroid dienone is 12. The number of likely N-dealkylation sites (N-methyl/N-ethyl adjacent to an activating group) is 1. The molecule has 0 radical (unpaired) electrons. The van der Waals surface area contributed by atoms with E-state index in [-0.39, 0.29) is 38.6 Å². The highest BCUT2D eigenvalue weighted by Gasteiger charge is 2.22. The van der Waals surface area contributed by atoms with E-state index in [0.29, 0.717) is 17.4 Å². The van der Waals surface area contributed by atoms with E-state index >= 15 is 0 Å². The molecule has 0 fully saturated rings. The molecule has 9 nitrogen and oxygen atoms in total. The third-order valence-corrected chi connectivity index (χ3v) is 15.9. The van der Waals surface area contributed by atoms with Gasteiger partial charge >= 0.3 is 11.9 Å². The topological polar surface area (TPSA) is 111 Å². The van der Waals surface area contributed by atoms with E-state index in [2.05, 4.69) is 86.8 Å². The number of esters is 2. The molecule has 0 aliphatic rings. The van der Waals surface area contributed by atoms with Crippen LogP contribution in [0.3, 0.4) is 0 Å². The van der Waals surface area contributed by atoms with Crippen LogP contribution in [0.25, 0.3) is 0 Å². The second-order valence-electron chi connectivity index (χ2n) is 25.5. The Kier molecular flexibility index (Phi) is 64.1. The molecule has 0 aromatic heterocycles. The van der Waals surface area contributed by atoms with Crippen LogP contribution in [0.1, 0.15) is 335 Å². The number of carboxylic acid groups (broad SMARTS) is 1. The molecule has 0 aromatic rings. The molecule has 0 rings (SSSR count). The molecule has 2 unspecified atom stereocenters. The van der Waals surface area contributed by atoms with Crippen LogP contribution >= 0.6 is 0 Å². The largest absolute Gasteiger partial charge is 0.545 e. The molecule has 0 saturated carbocycles. The Balaban J connectivity index is 4.05. The molecule has 0 amide bonds. The molecule has 0 aliphatic carbocycles. The highest BCUT2D eigenvalue weighted by Crippen LogP contribution is 2.18. The fraction of sp³-hybridized carbons (Fsp3) is 0.803. The summed E-state index contributed by atoms with van der Waals surface area (Å²) in [6, 6.07) is 0. The number of carboxylic acids is 1. The number of hydrogen-bond acceptors (Lipinski definition) is 8. The van der Waals surface area contributed by atoms with Gasteiger partial charge in [-0.25, -0.2) is 0 Å². The molecular formula is C76H137NO8. The molecule has 0 heterocycles. The van der Waals surface area contributed by atoms with Crippen LogP contribution in [0.5, 0.6) is 0 Å². The number of quaternary nitrogens is 1. The van der Waals surface area contributed by atoms with Crippen LogP contribution in [0.15, 0.2) is 72.9 Å². The van der Waals surface area contributed by atoms with Gasteiger partial charge in [-0.2, -0.15) is 0 Å². The van der Waals surface area contributed by atoms with E-state index in [0.717, 1.165) is 70.6 Å². The summed E-state index contributed by atoms with van der Waals surface area (Å²) in [7, 11) is 5.93. The number of unbranched alkanes of at least 4 members (excludes halogenated alkanes) is 40. The zero-order valence-corrected chi connectivity index (χ0v) is 56.5. The standard InChI is InChI=1S/C76H137NO8/c1-6-8-10-12-14-16-18-20-22-24-26-28-30-31-32-33-34-35-36-37-38-39-40-41-42-43-45-47-49-51-53-55-57-59-61-63-65-67-74(79)85-72(71-84-76(75(80)81)82-69-68-77(3,4)5)70-83-73(78)66-64-62-60-58-56-54-52-50-48-46-44-29-27-25-23-21-19-17-15-13-11-9-7-2/h18-21,24-27,30-31,44,46,72,76H,6-17,22-23,28-29,32-43,45,47-71H2,1-5H3/b20-18-,21-19-,26-24-,27-25-,31-30-,46-44-. The molecule has 0 saturated heterocycles. The van der Waals surface area contributed by atoms with Gasteiger partial charge < -0.3 is 33.3 Å². The number of rotatable bonds is 67. The predicted molar refractivity (Wildman–Crippen MR) is 361 cm³/mol. The second kappa shape index (κ2) is 66.7. The van der Waals surface area contributed by atoms with Crippen molar-refractivity contribution in [1.29, 1.82) is 0 Å². The Morgan fingerprint density at radius 3 is 0.941 bits per heavy atom. The maximum absolute atomic E-state index is 12.9. The lowest BCUT2D eigenvalue weighted by Crippen LogP contribution is -2.44. The Labute approximate surface area is 526 Å². The molecule has 85 heavy (non-hydrogen) atoms. The zero-order valence-electron chi connectivity index (χ0n) is 56.5. The van der Waals surface area contributed by atoms with Gasteiger partial charge in [0, 0.05) is 12.8 Å². The van der Waals surface area contributed by atoms with E-state index in [9.17, 15) is 19.5 Å². The van der Waals surface area contributed by atoms with Crippen molar-refractivity contribution in [3.63, 3.8) is 0 Å². The van der Waals surface area contributed by atoms with Crippen LogP contribution in [0.2, 0.25) is 0 Å². The Hall–Kier alpha value is -3.27. The number of hydrogen-bond donors (Lipinski definition) is 0. The van der Waals surface area contributed by atoms with Crippen molar-refractivity contribution < 1.29 is 42.9 Å². The molecule has 0 bridgehead atoms. The van der Waals surface area contributed by atoms with Crippen LogP contribution < -0.4 is 5.11 Å². The van der Waals surface area contributed by atoms with Gasteiger partial charge in [-0.3, -0.25) is 9.59 Å². The lowest BCUT2D eigenvalue weighted by molar-refractivity contribution is -0.870. The summed E-state index contributed by atoms with van der Waals surface area (Å²) in [5.74, 6) is -2.28. The van der Waals surface area contributed by atoms with Crippen molar-refractivity contribution >= 4 is 17.9 Å². The number of ether oxygens (including phenoxy) is 4. The third-order valence-electron chi connectivity index (χ3n) is 15.9. The number of carbonyl (C=O) groups is 3. The van der Waals surface area contributed by atoms with Gasteiger partial charge in [0.15, 0.2) is 12.4 Å². The van der Waals surface area contributed by atoms with Gasteiger partial charge in [0.25, 0.3) is 0 Å². The van der Waals surface area contributed by atoms with Crippen molar-refractivity contribution in [2.24, 2.45) is 0 Å². The van der Waals surface area contributed by atoms with Crippen LogP contribution in [-0.4, -0.2) is 82.3 Å². The average Bonchev–Trinajstić information content (AvgIpc) is 3.48. The Bertz CT molecular complexity index is 1620. The third kappa shape index (κ3) is 68.1. The van der Waals surface area contributed by atoms with E-state index in [4.69, 9.17) is 18.9 Å². The van der Waals surface area contributed by atoms with Crippen LogP contribution in [0.4, 0.5) is 0 Å². The summed E-state index contributed by atoms with van der Waals surface area (Å²) in [5, 5.41) is 11.8. The van der Waals surface area contributed by atoms with Crippen LogP contribution in [-0.2, 0) is 33.3 Å². The van der Waals surface area contributed by atoms with Crippen molar-refractivity contribution in [2.45, 2.75) is 347 Å². The lowest BCUT2D eigenvalue weighted by atomic mass is 10.0. The summed E-state index contributed by atoms with van der Waals surface area (Å²) in [6.45, 7) is 4.76. The van der Waals surface area contributed by atoms with Gasteiger partial charge in [-0.05, 0) is 89.9 Å². The van der Waals surface area contributed by atoms with E-state index < -0.39 is 24.3 Å². The van der Waals surface area contributed by atoms with Crippen molar-refractivity contribution in [3.05, 3.63) is 72.9 Å². The van der Waals surface area contributed by atoms with E-state index in [1.807, 2.05) is 21.1 Å². The summed E-state index contributed by atoms with van der Waals surface area (Å²) in [4.78, 5) is 37.5. The first-order chi connectivity index (χ1) is 41.6. The van der Waals surface area contributed by atoms with Crippen LogP contribution in [0, 0.1) is 0 Å². The van der Waals surface area contributed by atoms with Gasteiger partial charge in [-0.15, -0.1) is 0 Å². The smallest absolute Gasteiger partial charge is 0.306 e. The Morgan fingerprint density at radius 1 is 0.353 bits per heavy atom. The summed E-state index contributed by atoms with van der Waals surface area (Å²) in [5.41, 5.74) is 0. The summed E-state index contributed by atoms with van der Waals surface area (Å²) in [6.07, 6.45) is 85.6. The monoisotopic (exact) mass is 1190 g/mol. The van der Waals surface area contributed by atoms with Gasteiger partial charge in [0.2, 0.25) is 0 Å². The normalized spacial score (nSPS) is 13.1. The SMILES string of the molecule is CCCCCCC/C=C\C/C=C\C/C=C\CCCCCCCCCCCCCCCCCCCCCCCCC(=O)OC(COC(=O)CCCCCCCCCC/C=C\C/C=C\C/C=C\CCCCCCC)COC(OCC[N+](C)(C)C)C(=O)[O-]. The molecule has 0 aliphatic heterocycles. The minimum atomic E-state index is -1.63. The molecule has 9 heteroatoms. The Morgan fingerprint density at radius 2 is 0.635 bits per heavy atom. The number of aliphatic carboxylic acids is 1. The number of carbonyl (C=O) groups excluding carboxylic acids is 3. The molecule has 494 valence electrons. The minimum absolute atomic E-state index is 0.146. The molecule has 0 N–H and O–H groups in total. The van der Waals surface area contributed by atoms with E-state index in [1.54, 1.807) is 0 Å². The second-order valence-corrected chi connectivity index (χ2v) is 25.5. The van der Waals surface area contributed by atoms with Gasteiger partial charge in [0.1, 0.15) is 13.2 Å².